The zero-order chi connectivity index (χ0) is 3.41. The molecule has 0 rings (SSSR count). The van der Waals surface area contributed by atoms with Crippen LogP contribution in [0.2, 0.25) is 0 Å². The highest BCUT2D eigenvalue weighted by Gasteiger charge is 1.46. The van der Waals surface area contributed by atoms with Gasteiger partial charge in [0, 0.05) is 0 Å². The molecule has 0 heterocycles. The van der Waals surface area contributed by atoms with E-state index in [2.05, 4.69) is 5.84 Å². The Hall–Kier alpha value is 0.170. The average molecular weight is 81.5 g/mol. The smallest absolute Gasteiger partial charge is 0.00755 e. The number of hydrogen-bond donors (Lipinski definition) is 3. The zero-order valence-electron chi connectivity index (χ0n) is 1.96. The summed E-state index contributed by atoms with van der Waals surface area (Å²) < 4.78 is 0. The van der Waals surface area contributed by atoms with Crippen molar-refractivity contribution in [1.29, 1.82) is 0 Å². The molecule has 4 heavy (non-hydrogen) atoms. The van der Waals surface area contributed by atoms with E-state index in [0.29, 0.717) is 0 Å². The van der Waals surface area contributed by atoms with Gasteiger partial charge in [0.05, 0.1) is 0 Å². The molecule has 0 aromatic rings. The molecule has 0 fully saturated rings. The first-order valence-electron chi connectivity index (χ1n) is 0.728. The van der Waals surface area contributed by atoms with E-state index in [-0.39, 0.29) is 0 Å². The lowest BCUT2D eigenvalue weighted by Crippen LogP contribution is -2.29. The van der Waals surface area contributed by atoms with Gasteiger partial charge in [0.15, 0.2) is 0 Å². The highest BCUT2D eigenvalue weighted by Crippen LogP contribution is 1.37. The lowest BCUT2D eigenvalue weighted by molar-refractivity contribution is 0.725. The maximum atomic E-state index is 4.70. The Morgan fingerprint density at radius 1 is 1.75 bits per heavy atom. The van der Waals surface area contributed by atoms with Gasteiger partial charge in [-0.3, -0.25) is 5.84 Å². The molecular formula is H4ClN3. The van der Waals surface area contributed by atoms with Crippen LogP contribution in [0.15, 0.2) is 0 Å². The van der Waals surface area contributed by atoms with Crippen molar-refractivity contribution in [1.82, 2.24) is 10.5 Å². The van der Waals surface area contributed by atoms with Gasteiger partial charge < -0.3 is 0 Å². The molecule has 0 aliphatic rings. The predicted octanol–water partition coefficient (Wildman–Crippen LogP) is -0.892. The maximum absolute atomic E-state index is 4.70. The Morgan fingerprint density at radius 2 is 2.00 bits per heavy atom. The van der Waals surface area contributed by atoms with E-state index >= 15 is 0 Å². The van der Waals surface area contributed by atoms with E-state index in [1.54, 1.807) is 0 Å². The highest BCUT2D eigenvalue weighted by molar-refractivity contribution is 6.12. The normalized spacial score (nSPS) is 7.50. The van der Waals surface area contributed by atoms with Crippen molar-refractivity contribution < 1.29 is 0 Å². The van der Waals surface area contributed by atoms with Crippen molar-refractivity contribution in [3.63, 3.8) is 0 Å². The number of halogens is 1. The first kappa shape index (κ1) is 4.17. The lowest BCUT2D eigenvalue weighted by Gasteiger charge is -1.78. The molecule has 0 aliphatic carbocycles. The third-order valence-electron chi connectivity index (χ3n) is 0.0546. The fourth-order valence-corrected chi connectivity index (χ4v) is 0. The van der Waals surface area contributed by atoms with Crippen LogP contribution < -0.4 is 16.3 Å². The lowest BCUT2D eigenvalue weighted by atomic mass is 12.6. The van der Waals surface area contributed by atoms with Crippen LogP contribution in [0, 0.1) is 0 Å². The molecule has 4 heteroatoms. The Labute approximate surface area is 29.2 Å². The molecule has 0 amide bonds. The van der Waals surface area contributed by atoms with Crippen molar-refractivity contribution >= 4 is 11.8 Å². The summed E-state index contributed by atoms with van der Waals surface area (Å²) in [6.07, 6.45) is 0. The Kier molecular flexibility index (Phi) is 3.30. The number of nitrogens with two attached hydrogens (primary N) is 1. The minimum atomic E-state index is 1.93. The van der Waals surface area contributed by atoms with Crippen LogP contribution in [0.1, 0.15) is 0 Å². The number of rotatable bonds is 1. The van der Waals surface area contributed by atoms with Gasteiger partial charge in [-0.25, -0.2) is 0 Å². The topological polar surface area (TPSA) is 50.1 Å². The van der Waals surface area contributed by atoms with E-state index in [0.717, 1.165) is 0 Å². The number of hydrazine groups is 2. The molecule has 4 N–H and O–H groups in total. The van der Waals surface area contributed by atoms with Gasteiger partial charge in [-0.05, 0) is 11.8 Å². The van der Waals surface area contributed by atoms with Crippen molar-refractivity contribution in [2.45, 2.75) is 0 Å². The average Bonchev–Trinajstić information content (AvgIpc) is 1.37. The molecule has 3 nitrogen and oxygen atoms in total. The summed E-state index contributed by atoms with van der Waals surface area (Å²) in [4.78, 5) is 1.93. The molecule has 0 radical (unpaired) electrons. The largest absolute Gasteiger partial charge is 0.257 e. The van der Waals surface area contributed by atoms with Gasteiger partial charge in [-0.2, -0.15) is 10.5 Å². The molecular weight excluding hydrogens is 77.5 g/mol. The molecule has 0 bridgehead atoms. The third kappa shape index (κ3) is 2.17. The Morgan fingerprint density at radius 3 is 2.00 bits per heavy atom. The van der Waals surface area contributed by atoms with Gasteiger partial charge in [0.1, 0.15) is 0 Å². The Bertz CT molecular complexity index is 5.25. The number of nitrogens with one attached hydrogen (secondary N) is 2. The van der Waals surface area contributed by atoms with Crippen LogP contribution in [0.3, 0.4) is 0 Å². The summed E-state index contributed by atoms with van der Waals surface area (Å²) in [5.74, 6) is 4.53. The van der Waals surface area contributed by atoms with E-state index in [1.807, 2.05) is 10.5 Å². The predicted molar refractivity (Wildman–Crippen MR) is 16.3 cm³/mol. The van der Waals surface area contributed by atoms with Crippen molar-refractivity contribution in [3.8, 4) is 0 Å². The SMILES string of the molecule is NNNCl. The first-order valence-corrected chi connectivity index (χ1v) is 1.11. The van der Waals surface area contributed by atoms with Crippen molar-refractivity contribution in [2.75, 3.05) is 0 Å². The monoisotopic (exact) mass is 81.0 g/mol. The maximum Gasteiger partial charge on any atom is -0.00755 e. The van der Waals surface area contributed by atoms with Gasteiger partial charge in [0.2, 0.25) is 0 Å². The highest BCUT2D eigenvalue weighted by atomic mass is 35.5. The van der Waals surface area contributed by atoms with E-state index in [9.17, 15) is 0 Å². The zero-order valence-corrected chi connectivity index (χ0v) is 2.71. The fraction of sp³-hybridized carbons (Fsp3) is 0. The van der Waals surface area contributed by atoms with E-state index < -0.39 is 0 Å². The summed E-state index contributed by atoms with van der Waals surface area (Å²) in [6, 6.07) is 0. The second kappa shape index (κ2) is 3.17. The second-order valence-corrected chi connectivity index (χ2v) is 0.428. The molecule has 0 aliphatic heterocycles. The quantitative estimate of drug-likeness (QED) is 0.218. The molecule has 0 spiro atoms. The summed E-state index contributed by atoms with van der Waals surface area (Å²) in [7, 11) is 0. The fourth-order valence-electron chi connectivity index (χ4n) is 0. The first-order chi connectivity index (χ1) is 1.91. The second-order valence-electron chi connectivity index (χ2n) is 0.239. The van der Waals surface area contributed by atoms with Gasteiger partial charge in [-0.1, -0.05) is 0 Å². The van der Waals surface area contributed by atoms with Crippen LogP contribution in [0.5, 0.6) is 0 Å². The van der Waals surface area contributed by atoms with E-state index in [4.69, 9.17) is 11.8 Å². The minimum absolute atomic E-state index is 1.93. The van der Waals surface area contributed by atoms with Gasteiger partial charge in [0.25, 0.3) is 0 Å². The molecule has 0 aromatic carbocycles. The van der Waals surface area contributed by atoms with Crippen LogP contribution in [0.4, 0.5) is 0 Å². The van der Waals surface area contributed by atoms with E-state index in [1.165, 1.54) is 0 Å². The third-order valence-corrected chi connectivity index (χ3v) is 0.164. The molecule has 0 saturated carbocycles. The standard InChI is InChI=1S/ClH4N3/c1-3-4-2/h3-4H,2H2. The molecule has 26 valence electrons. The summed E-state index contributed by atoms with van der Waals surface area (Å²) in [6.45, 7) is 0. The summed E-state index contributed by atoms with van der Waals surface area (Å²) >= 11 is 4.70. The van der Waals surface area contributed by atoms with Crippen molar-refractivity contribution in [3.05, 3.63) is 0 Å². The van der Waals surface area contributed by atoms with Gasteiger partial charge in [-0.15, -0.1) is 0 Å². The molecule has 0 atom stereocenters. The van der Waals surface area contributed by atoms with Gasteiger partial charge >= 0.3 is 0 Å². The molecule has 0 aromatic heterocycles. The van der Waals surface area contributed by atoms with Crippen LogP contribution in [-0.2, 0) is 0 Å². The summed E-state index contributed by atoms with van der Waals surface area (Å²) in [5, 5.41) is 0. The van der Waals surface area contributed by atoms with Crippen LogP contribution >= 0.6 is 11.8 Å². The molecule has 0 saturated heterocycles. The van der Waals surface area contributed by atoms with Crippen molar-refractivity contribution in [2.24, 2.45) is 5.84 Å². The summed E-state index contributed by atoms with van der Waals surface area (Å²) in [5.41, 5.74) is 1.95. The Balaban J connectivity index is 1.97. The molecule has 0 unspecified atom stereocenters. The van der Waals surface area contributed by atoms with Crippen LogP contribution in [-0.4, -0.2) is 0 Å². The minimum Gasteiger partial charge on any atom is -0.257 e. The van der Waals surface area contributed by atoms with Crippen LogP contribution in [0.25, 0.3) is 0 Å². The number of hydrogen-bond acceptors (Lipinski definition) is 3.